The van der Waals surface area contributed by atoms with Crippen molar-refractivity contribution in [2.75, 3.05) is 6.61 Å². The maximum absolute atomic E-state index is 13.1. The molecule has 0 fully saturated rings. The molecule has 0 aromatic heterocycles. The van der Waals surface area contributed by atoms with Gasteiger partial charge in [-0.2, -0.15) is 9.65 Å². The van der Waals surface area contributed by atoms with Crippen LogP contribution in [0.3, 0.4) is 0 Å². The van der Waals surface area contributed by atoms with Crippen LogP contribution >= 0.6 is 0 Å². The smallest absolute Gasteiger partial charge is 0.201 e. The fourth-order valence-corrected chi connectivity index (χ4v) is 0.947. The van der Waals surface area contributed by atoms with Gasteiger partial charge in [-0.05, 0) is 12.1 Å². The summed E-state index contributed by atoms with van der Waals surface area (Å²) in [5.41, 5.74) is -0.379. The number of benzene rings is 1. The van der Waals surface area contributed by atoms with Gasteiger partial charge in [-0.15, -0.1) is 0 Å². The van der Waals surface area contributed by atoms with Gasteiger partial charge in [-0.1, -0.05) is 0 Å². The van der Waals surface area contributed by atoms with Crippen molar-refractivity contribution in [1.29, 1.82) is 5.26 Å². The minimum atomic E-state index is -1.24. The van der Waals surface area contributed by atoms with Crippen LogP contribution in [0.15, 0.2) is 12.1 Å². The Morgan fingerprint density at radius 3 is 2.73 bits per heavy atom. The average Bonchev–Trinajstić information content (AvgIpc) is 2.25. The Balaban J connectivity index is 2.88. The van der Waals surface area contributed by atoms with E-state index in [0.717, 1.165) is 12.1 Å². The van der Waals surface area contributed by atoms with Gasteiger partial charge in [0, 0.05) is 6.42 Å². The third-order valence-corrected chi connectivity index (χ3v) is 1.66. The number of carbonyl (C=O) groups excluding carboxylic acids is 1. The average molecular weight is 211 g/mol. The molecule has 0 amide bonds. The summed E-state index contributed by atoms with van der Waals surface area (Å²) in [6, 6.07) is 3.78. The normalized spacial score (nSPS) is 9.40. The number of nitrogens with zero attached hydrogens (tertiary/aromatic N) is 1. The highest BCUT2D eigenvalue weighted by molar-refractivity contribution is 5.49. The molecule has 3 nitrogen and oxygen atoms in total. The van der Waals surface area contributed by atoms with E-state index in [1.54, 1.807) is 0 Å². The van der Waals surface area contributed by atoms with Crippen molar-refractivity contribution < 1.29 is 18.3 Å². The Morgan fingerprint density at radius 2 is 2.13 bits per heavy atom. The van der Waals surface area contributed by atoms with Crippen molar-refractivity contribution in [2.45, 2.75) is 6.42 Å². The number of halogens is 2. The van der Waals surface area contributed by atoms with Crippen LogP contribution in [0.5, 0.6) is 5.75 Å². The van der Waals surface area contributed by atoms with Gasteiger partial charge >= 0.3 is 0 Å². The van der Waals surface area contributed by atoms with E-state index in [2.05, 4.69) is 0 Å². The molecule has 0 N–H and O–H groups in total. The van der Waals surface area contributed by atoms with Gasteiger partial charge in [0.2, 0.25) is 5.82 Å². The lowest BCUT2D eigenvalue weighted by atomic mass is 10.2. The van der Waals surface area contributed by atoms with E-state index in [0.29, 0.717) is 6.29 Å². The zero-order valence-corrected chi connectivity index (χ0v) is 7.67. The largest absolute Gasteiger partial charge is 0.490 e. The fourth-order valence-electron chi connectivity index (χ4n) is 0.947. The van der Waals surface area contributed by atoms with Crippen LogP contribution in [0.4, 0.5) is 8.78 Å². The van der Waals surface area contributed by atoms with Crippen LogP contribution in [0.1, 0.15) is 12.0 Å². The van der Waals surface area contributed by atoms with E-state index in [9.17, 15) is 13.6 Å². The van der Waals surface area contributed by atoms with Crippen molar-refractivity contribution in [1.82, 2.24) is 0 Å². The van der Waals surface area contributed by atoms with Crippen LogP contribution in [-0.2, 0) is 4.79 Å². The highest BCUT2D eigenvalue weighted by atomic mass is 19.2. The van der Waals surface area contributed by atoms with Crippen molar-refractivity contribution in [3.8, 4) is 11.8 Å². The minimum absolute atomic E-state index is 0.0221. The Labute approximate surface area is 84.9 Å². The quantitative estimate of drug-likeness (QED) is 0.563. The monoisotopic (exact) mass is 211 g/mol. The van der Waals surface area contributed by atoms with E-state index in [1.165, 1.54) is 6.07 Å². The maximum Gasteiger partial charge on any atom is 0.201 e. The molecule has 0 heterocycles. The predicted molar refractivity (Wildman–Crippen MR) is 47.2 cm³/mol. The highest BCUT2D eigenvalue weighted by Gasteiger charge is 2.13. The molecule has 0 radical (unpaired) electrons. The summed E-state index contributed by atoms with van der Waals surface area (Å²) in [5.74, 6) is -2.74. The van der Waals surface area contributed by atoms with Gasteiger partial charge in [-0.25, -0.2) is 4.39 Å². The molecule has 0 bridgehead atoms. The Hall–Kier alpha value is -1.96. The molecule has 0 spiro atoms. The molecular formula is C10H7F2NO2. The Kier molecular flexibility index (Phi) is 3.75. The topological polar surface area (TPSA) is 50.1 Å². The number of rotatable bonds is 4. The lowest BCUT2D eigenvalue weighted by Gasteiger charge is -2.05. The fraction of sp³-hybridized carbons (Fsp3) is 0.200. The molecular weight excluding hydrogens is 204 g/mol. The number of carbonyl (C=O) groups is 1. The second-order valence-electron chi connectivity index (χ2n) is 2.65. The lowest BCUT2D eigenvalue weighted by molar-refractivity contribution is -0.108. The molecule has 0 aliphatic rings. The van der Waals surface area contributed by atoms with Crippen LogP contribution in [0.25, 0.3) is 0 Å². The molecule has 78 valence electrons. The first kappa shape index (κ1) is 11.1. The van der Waals surface area contributed by atoms with Crippen LogP contribution in [0, 0.1) is 23.0 Å². The minimum Gasteiger partial charge on any atom is -0.490 e. The van der Waals surface area contributed by atoms with E-state index in [-0.39, 0.29) is 24.3 Å². The molecule has 15 heavy (non-hydrogen) atoms. The molecule has 1 aromatic rings. The molecule has 0 aliphatic heterocycles. The first-order chi connectivity index (χ1) is 7.20. The standard InChI is InChI=1S/C10H7F2NO2/c11-9-7(6-13)2-3-8(10(9)12)15-5-1-4-14/h2-4H,1,5H2. The van der Waals surface area contributed by atoms with Gasteiger partial charge in [0.15, 0.2) is 11.6 Å². The van der Waals surface area contributed by atoms with E-state index >= 15 is 0 Å². The molecule has 0 aliphatic carbocycles. The second kappa shape index (κ2) is 5.05. The van der Waals surface area contributed by atoms with Crippen LogP contribution in [0.2, 0.25) is 0 Å². The third-order valence-electron chi connectivity index (χ3n) is 1.66. The lowest BCUT2D eigenvalue weighted by Crippen LogP contribution is -2.02. The van der Waals surface area contributed by atoms with Gasteiger partial charge in [-0.3, -0.25) is 0 Å². The summed E-state index contributed by atoms with van der Waals surface area (Å²) < 4.78 is 31.0. The highest BCUT2D eigenvalue weighted by Crippen LogP contribution is 2.22. The number of nitriles is 1. The Bertz CT molecular complexity index is 413. The molecule has 1 aromatic carbocycles. The molecule has 5 heteroatoms. The van der Waals surface area contributed by atoms with Gasteiger partial charge in [0.25, 0.3) is 0 Å². The summed E-state index contributed by atoms with van der Waals surface area (Å²) in [7, 11) is 0. The van der Waals surface area contributed by atoms with Crippen molar-refractivity contribution in [3.63, 3.8) is 0 Å². The molecule has 1 rings (SSSR count). The van der Waals surface area contributed by atoms with Crippen LogP contribution in [-0.4, -0.2) is 12.9 Å². The van der Waals surface area contributed by atoms with Gasteiger partial charge in [0.05, 0.1) is 12.2 Å². The first-order valence-corrected chi connectivity index (χ1v) is 4.15. The molecule has 0 saturated carbocycles. The van der Waals surface area contributed by atoms with Gasteiger partial charge < -0.3 is 9.53 Å². The number of hydrogen-bond donors (Lipinski definition) is 0. The van der Waals surface area contributed by atoms with Crippen LogP contribution < -0.4 is 4.74 Å². The summed E-state index contributed by atoms with van der Waals surface area (Å²) in [6.07, 6.45) is 0.707. The molecule has 0 atom stereocenters. The first-order valence-electron chi connectivity index (χ1n) is 4.15. The zero-order valence-electron chi connectivity index (χ0n) is 7.67. The maximum atomic E-state index is 13.1. The number of aldehydes is 1. The number of hydrogen-bond acceptors (Lipinski definition) is 3. The third kappa shape index (κ3) is 2.50. The molecule has 0 unspecified atom stereocenters. The molecule has 0 saturated heterocycles. The summed E-state index contributed by atoms with van der Waals surface area (Å²) in [5, 5.41) is 8.40. The summed E-state index contributed by atoms with van der Waals surface area (Å²) in [6.45, 7) is -0.0221. The zero-order chi connectivity index (χ0) is 11.3. The summed E-state index contributed by atoms with van der Waals surface area (Å²) >= 11 is 0. The van der Waals surface area contributed by atoms with E-state index in [1.807, 2.05) is 0 Å². The van der Waals surface area contributed by atoms with Gasteiger partial charge in [0.1, 0.15) is 12.4 Å². The second-order valence-corrected chi connectivity index (χ2v) is 2.65. The SMILES string of the molecule is N#Cc1ccc(OCCC=O)c(F)c1F. The van der Waals surface area contributed by atoms with Crippen molar-refractivity contribution in [3.05, 3.63) is 29.3 Å². The van der Waals surface area contributed by atoms with Crippen molar-refractivity contribution in [2.24, 2.45) is 0 Å². The van der Waals surface area contributed by atoms with E-state index in [4.69, 9.17) is 10.00 Å². The predicted octanol–water partition coefficient (Wildman–Crippen LogP) is 1.80. The summed E-state index contributed by atoms with van der Waals surface area (Å²) in [4.78, 5) is 9.96. The van der Waals surface area contributed by atoms with Crippen molar-refractivity contribution >= 4 is 6.29 Å². The van der Waals surface area contributed by atoms with E-state index < -0.39 is 11.6 Å². The number of ether oxygens (including phenoxy) is 1. The Morgan fingerprint density at radius 1 is 1.40 bits per heavy atom.